The summed E-state index contributed by atoms with van der Waals surface area (Å²) < 4.78 is 4.86. The van der Waals surface area contributed by atoms with Gasteiger partial charge in [-0.3, -0.25) is 9.78 Å². The van der Waals surface area contributed by atoms with Crippen molar-refractivity contribution in [3.8, 4) is 0 Å². The number of nitrogens with one attached hydrogen (secondary N) is 1. The molecule has 0 saturated carbocycles. The van der Waals surface area contributed by atoms with Crippen LogP contribution >= 0.6 is 11.8 Å². The van der Waals surface area contributed by atoms with Gasteiger partial charge in [0.2, 0.25) is 0 Å². The Morgan fingerprint density at radius 2 is 2.31 bits per heavy atom. The van der Waals surface area contributed by atoms with Gasteiger partial charge in [-0.1, -0.05) is 11.8 Å². The van der Waals surface area contributed by atoms with E-state index >= 15 is 0 Å². The fourth-order valence-electron chi connectivity index (χ4n) is 0.665. The topological polar surface area (TPSA) is 67.9 Å². The van der Waals surface area contributed by atoms with Gasteiger partial charge >= 0.3 is 0 Å². The minimum Gasteiger partial charge on any atom is -0.384 e. The van der Waals surface area contributed by atoms with Gasteiger partial charge in [-0.15, -0.1) is 10.2 Å². The van der Waals surface area contributed by atoms with E-state index in [0.29, 0.717) is 17.5 Å². The first-order valence-electron chi connectivity index (χ1n) is 3.79. The third-order valence-electron chi connectivity index (χ3n) is 1.37. The number of H-pyrrole nitrogens is 1. The Hall–Kier alpha value is -0.880. The fraction of sp³-hybridized carbons (Fsp3) is 0.571. The summed E-state index contributed by atoms with van der Waals surface area (Å²) in [5.41, 5.74) is 0.200. The SMILES string of the molecule is COCCSc1nnc(C)c(=O)[nH]1. The summed E-state index contributed by atoms with van der Waals surface area (Å²) in [6.07, 6.45) is 0. The molecule has 1 aromatic heterocycles. The Balaban J connectivity index is 2.58. The Bertz CT molecular complexity index is 326. The van der Waals surface area contributed by atoms with E-state index in [9.17, 15) is 4.79 Å². The number of aromatic nitrogens is 3. The zero-order chi connectivity index (χ0) is 9.68. The second-order valence-corrected chi connectivity index (χ2v) is 3.47. The molecule has 0 aromatic carbocycles. The number of methoxy groups -OCH3 is 1. The highest BCUT2D eigenvalue weighted by molar-refractivity contribution is 7.99. The molecular weight excluding hydrogens is 190 g/mol. The maximum atomic E-state index is 11.1. The van der Waals surface area contributed by atoms with Crippen LogP contribution in [-0.2, 0) is 4.74 Å². The maximum absolute atomic E-state index is 11.1. The van der Waals surface area contributed by atoms with Gasteiger partial charge in [0.1, 0.15) is 5.69 Å². The van der Waals surface area contributed by atoms with Gasteiger partial charge in [0.25, 0.3) is 5.56 Å². The highest BCUT2D eigenvalue weighted by atomic mass is 32.2. The summed E-state index contributed by atoms with van der Waals surface area (Å²) in [6.45, 7) is 2.25. The molecule has 5 nitrogen and oxygen atoms in total. The summed E-state index contributed by atoms with van der Waals surface area (Å²) in [6, 6.07) is 0. The van der Waals surface area contributed by atoms with E-state index in [2.05, 4.69) is 15.2 Å². The smallest absolute Gasteiger partial charge is 0.273 e. The average molecular weight is 201 g/mol. The van der Waals surface area contributed by atoms with Crippen LogP contribution in [0.2, 0.25) is 0 Å². The molecule has 1 aromatic rings. The van der Waals surface area contributed by atoms with E-state index in [1.165, 1.54) is 11.8 Å². The van der Waals surface area contributed by atoms with Crippen molar-refractivity contribution in [1.29, 1.82) is 0 Å². The van der Waals surface area contributed by atoms with E-state index < -0.39 is 0 Å². The molecule has 6 heteroatoms. The highest BCUT2D eigenvalue weighted by Gasteiger charge is 1.99. The Labute approximate surface area is 79.9 Å². The van der Waals surface area contributed by atoms with Crippen molar-refractivity contribution in [3.63, 3.8) is 0 Å². The van der Waals surface area contributed by atoms with Crippen molar-refractivity contribution in [2.24, 2.45) is 0 Å². The number of aromatic amines is 1. The molecule has 0 atom stereocenters. The fourth-order valence-corrected chi connectivity index (χ4v) is 1.37. The zero-order valence-electron chi connectivity index (χ0n) is 7.53. The van der Waals surface area contributed by atoms with Gasteiger partial charge in [-0.05, 0) is 6.92 Å². The molecule has 72 valence electrons. The van der Waals surface area contributed by atoms with Gasteiger partial charge in [-0.25, -0.2) is 0 Å². The van der Waals surface area contributed by atoms with E-state index in [1.54, 1.807) is 14.0 Å². The number of aryl methyl sites for hydroxylation is 1. The lowest BCUT2D eigenvalue weighted by atomic mass is 10.5. The van der Waals surface area contributed by atoms with Gasteiger partial charge < -0.3 is 4.74 Å². The van der Waals surface area contributed by atoms with Crippen LogP contribution in [0.4, 0.5) is 0 Å². The van der Waals surface area contributed by atoms with Crippen molar-refractivity contribution in [1.82, 2.24) is 15.2 Å². The molecule has 1 rings (SSSR count). The van der Waals surface area contributed by atoms with Crippen molar-refractivity contribution in [2.75, 3.05) is 19.5 Å². The molecule has 0 amide bonds. The standard InChI is InChI=1S/C7H11N3O2S/c1-5-6(11)8-7(10-9-5)13-4-3-12-2/h3-4H2,1-2H3,(H,8,10,11). The normalized spacial score (nSPS) is 10.3. The average Bonchev–Trinajstić information content (AvgIpc) is 2.12. The Morgan fingerprint density at radius 1 is 1.54 bits per heavy atom. The Kier molecular flexibility index (Phi) is 3.91. The molecule has 1 heterocycles. The van der Waals surface area contributed by atoms with Crippen molar-refractivity contribution < 1.29 is 4.74 Å². The van der Waals surface area contributed by atoms with Gasteiger partial charge in [0.15, 0.2) is 5.16 Å². The maximum Gasteiger partial charge on any atom is 0.273 e. The second-order valence-electron chi connectivity index (χ2n) is 2.39. The monoisotopic (exact) mass is 201 g/mol. The molecule has 0 aliphatic heterocycles. The van der Waals surface area contributed by atoms with Crippen LogP contribution in [0.3, 0.4) is 0 Å². The van der Waals surface area contributed by atoms with Gasteiger partial charge in [-0.2, -0.15) is 0 Å². The third kappa shape index (κ3) is 3.16. The molecule has 0 unspecified atom stereocenters. The van der Waals surface area contributed by atoms with Crippen molar-refractivity contribution >= 4 is 11.8 Å². The Morgan fingerprint density at radius 3 is 2.92 bits per heavy atom. The first kappa shape index (κ1) is 10.2. The van der Waals surface area contributed by atoms with Crippen molar-refractivity contribution in [2.45, 2.75) is 12.1 Å². The molecule has 0 fully saturated rings. The van der Waals surface area contributed by atoms with Crippen LogP contribution in [0.25, 0.3) is 0 Å². The molecule has 1 N–H and O–H groups in total. The summed E-state index contributed by atoms with van der Waals surface area (Å²) in [5, 5.41) is 8.05. The zero-order valence-corrected chi connectivity index (χ0v) is 8.35. The predicted octanol–water partition coefficient (Wildman–Crippen LogP) is 0.212. The van der Waals surface area contributed by atoms with Crippen LogP contribution in [0.5, 0.6) is 0 Å². The first-order chi connectivity index (χ1) is 6.24. The van der Waals surface area contributed by atoms with Crippen LogP contribution in [-0.4, -0.2) is 34.7 Å². The van der Waals surface area contributed by atoms with Crippen LogP contribution < -0.4 is 5.56 Å². The lowest BCUT2D eigenvalue weighted by Gasteiger charge is -1.98. The summed E-state index contributed by atoms with van der Waals surface area (Å²) in [4.78, 5) is 13.7. The minimum atomic E-state index is -0.185. The van der Waals surface area contributed by atoms with E-state index in [1.807, 2.05) is 0 Å². The number of ether oxygens (including phenoxy) is 1. The minimum absolute atomic E-state index is 0.185. The van der Waals surface area contributed by atoms with E-state index in [4.69, 9.17) is 4.74 Å². The summed E-state index contributed by atoms with van der Waals surface area (Å²) in [7, 11) is 1.63. The molecule has 0 saturated heterocycles. The summed E-state index contributed by atoms with van der Waals surface area (Å²) in [5.74, 6) is 0.754. The van der Waals surface area contributed by atoms with Gasteiger partial charge in [0, 0.05) is 12.9 Å². The van der Waals surface area contributed by atoms with Gasteiger partial charge in [0.05, 0.1) is 6.61 Å². The predicted molar refractivity (Wildman–Crippen MR) is 50.0 cm³/mol. The van der Waals surface area contributed by atoms with E-state index in [-0.39, 0.29) is 5.56 Å². The second kappa shape index (κ2) is 4.98. The largest absolute Gasteiger partial charge is 0.384 e. The third-order valence-corrected chi connectivity index (χ3v) is 2.19. The van der Waals surface area contributed by atoms with Crippen LogP contribution in [0.15, 0.2) is 9.95 Å². The number of nitrogens with zero attached hydrogens (tertiary/aromatic N) is 2. The van der Waals surface area contributed by atoms with E-state index in [0.717, 1.165) is 5.75 Å². The molecule has 13 heavy (non-hydrogen) atoms. The van der Waals surface area contributed by atoms with Crippen LogP contribution in [0, 0.1) is 6.92 Å². The number of rotatable bonds is 4. The first-order valence-corrected chi connectivity index (χ1v) is 4.78. The number of hydrogen-bond acceptors (Lipinski definition) is 5. The lowest BCUT2D eigenvalue weighted by molar-refractivity contribution is 0.218. The quantitative estimate of drug-likeness (QED) is 0.557. The van der Waals surface area contributed by atoms with Crippen LogP contribution in [0.1, 0.15) is 5.69 Å². The lowest BCUT2D eigenvalue weighted by Crippen LogP contribution is -2.14. The molecule has 0 spiro atoms. The molecule has 0 radical (unpaired) electrons. The summed E-state index contributed by atoms with van der Waals surface area (Å²) >= 11 is 1.41. The number of thioether (sulfide) groups is 1. The molecule has 0 bridgehead atoms. The molecule has 0 aliphatic rings. The van der Waals surface area contributed by atoms with Crippen molar-refractivity contribution in [3.05, 3.63) is 16.0 Å². The molecular formula is C7H11N3O2S. The number of hydrogen-bond donors (Lipinski definition) is 1. The molecule has 0 aliphatic carbocycles. The highest BCUT2D eigenvalue weighted by Crippen LogP contribution is 2.08.